The smallest absolute Gasteiger partial charge is 0.246 e. The van der Waals surface area contributed by atoms with E-state index in [-0.39, 0.29) is 11.9 Å². The summed E-state index contributed by atoms with van der Waals surface area (Å²) in [6, 6.07) is 0.183. The van der Waals surface area contributed by atoms with Gasteiger partial charge in [0.2, 0.25) is 5.91 Å². The molecule has 0 unspecified atom stereocenters. The summed E-state index contributed by atoms with van der Waals surface area (Å²) < 4.78 is 5.30. The van der Waals surface area contributed by atoms with Crippen LogP contribution in [0.4, 0.5) is 5.82 Å². The molecule has 26 heavy (non-hydrogen) atoms. The zero-order chi connectivity index (χ0) is 18.1. The van der Waals surface area contributed by atoms with Crippen molar-refractivity contribution in [3.8, 4) is 0 Å². The zero-order valence-corrected chi connectivity index (χ0v) is 15.1. The van der Waals surface area contributed by atoms with Gasteiger partial charge in [-0.25, -0.2) is 9.97 Å². The lowest BCUT2D eigenvalue weighted by atomic mass is 10.0. The summed E-state index contributed by atoms with van der Waals surface area (Å²) in [6.07, 6.45) is 8.16. The third-order valence-electron chi connectivity index (χ3n) is 5.45. The van der Waals surface area contributed by atoms with Crippen molar-refractivity contribution in [3.63, 3.8) is 0 Å². The topological polar surface area (TPSA) is 83.1 Å². The fourth-order valence-electron chi connectivity index (χ4n) is 4.03. The van der Waals surface area contributed by atoms with Crippen LogP contribution in [0.25, 0.3) is 11.0 Å². The molecule has 0 spiro atoms. The van der Waals surface area contributed by atoms with Gasteiger partial charge in [-0.1, -0.05) is 6.58 Å². The molecule has 1 aliphatic heterocycles. The molecule has 2 aromatic rings. The summed E-state index contributed by atoms with van der Waals surface area (Å²) in [6.45, 7) is 5.84. The van der Waals surface area contributed by atoms with Gasteiger partial charge in [0.1, 0.15) is 17.8 Å². The van der Waals surface area contributed by atoms with Crippen molar-refractivity contribution in [1.82, 2.24) is 19.9 Å². The Morgan fingerprint density at radius 2 is 2.42 bits per heavy atom. The van der Waals surface area contributed by atoms with E-state index in [0.717, 1.165) is 49.3 Å². The summed E-state index contributed by atoms with van der Waals surface area (Å²) in [5.41, 5.74) is 2.12. The van der Waals surface area contributed by atoms with Crippen LogP contribution < -0.4 is 5.32 Å². The predicted molar refractivity (Wildman–Crippen MR) is 100 cm³/mol. The number of carbonyl (C=O) groups excluding carboxylic acids is 1. The highest BCUT2D eigenvalue weighted by atomic mass is 16.5. The average Bonchev–Trinajstić information content (AvgIpc) is 3.28. The first kappa shape index (κ1) is 17.0. The average molecular weight is 355 g/mol. The number of nitrogens with zero attached hydrogens (tertiary/aromatic N) is 3. The molecule has 3 heterocycles. The van der Waals surface area contributed by atoms with E-state index in [1.54, 1.807) is 13.4 Å². The van der Waals surface area contributed by atoms with Crippen molar-refractivity contribution in [1.29, 1.82) is 0 Å². The molecule has 4 rings (SSSR count). The van der Waals surface area contributed by atoms with Crippen molar-refractivity contribution in [2.45, 2.75) is 31.2 Å². The largest absolute Gasteiger partial charge is 0.384 e. The van der Waals surface area contributed by atoms with Crippen LogP contribution in [0.5, 0.6) is 0 Å². The van der Waals surface area contributed by atoms with Crippen molar-refractivity contribution in [3.05, 3.63) is 30.7 Å². The number of H-pyrrole nitrogens is 1. The van der Waals surface area contributed by atoms with Crippen LogP contribution >= 0.6 is 0 Å². The van der Waals surface area contributed by atoms with Crippen molar-refractivity contribution in [2.24, 2.45) is 5.92 Å². The molecule has 2 N–H and O–H groups in total. The molecule has 0 bridgehead atoms. The molecular weight excluding hydrogens is 330 g/mol. The predicted octanol–water partition coefficient (Wildman–Crippen LogP) is 2.30. The Hall–Kier alpha value is -2.41. The third-order valence-corrected chi connectivity index (χ3v) is 5.45. The molecule has 2 aromatic heterocycles. The van der Waals surface area contributed by atoms with Gasteiger partial charge in [-0.2, -0.15) is 0 Å². The van der Waals surface area contributed by atoms with E-state index in [1.165, 1.54) is 11.6 Å². The van der Waals surface area contributed by atoms with Crippen LogP contribution in [-0.4, -0.2) is 58.6 Å². The van der Waals surface area contributed by atoms with Gasteiger partial charge in [0, 0.05) is 39.0 Å². The number of nitrogens with one attached hydrogen (secondary N) is 2. The van der Waals surface area contributed by atoms with Crippen LogP contribution in [0.1, 0.15) is 30.7 Å². The molecule has 0 radical (unpaired) electrons. The number of methoxy groups -OCH3 is 1. The molecule has 0 aromatic carbocycles. The maximum absolute atomic E-state index is 11.9. The molecule has 138 valence electrons. The van der Waals surface area contributed by atoms with E-state index in [1.807, 2.05) is 4.90 Å². The van der Waals surface area contributed by atoms with E-state index in [9.17, 15) is 4.79 Å². The normalized spacial score (nSPS) is 25.3. The first-order chi connectivity index (χ1) is 12.7. The van der Waals surface area contributed by atoms with Crippen LogP contribution in [0.3, 0.4) is 0 Å². The number of aromatic nitrogens is 3. The maximum Gasteiger partial charge on any atom is 0.246 e. The Morgan fingerprint density at radius 3 is 3.23 bits per heavy atom. The Kier molecular flexibility index (Phi) is 4.63. The minimum absolute atomic E-state index is 0.00736. The van der Waals surface area contributed by atoms with Gasteiger partial charge < -0.3 is 19.9 Å². The summed E-state index contributed by atoms with van der Waals surface area (Å²) in [7, 11) is 1.75. The number of amides is 1. The van der Waals surface area contributed by atoms with Gasteiger partial charge in [0.15, 0.2) is 0 Å². The molecule has 1 aliphatic carbocycles. The molecule has 2 aliphatic rings. The van der Waals surface area contributed by atoms with E-state index < -0.39 is 0 Å². The summed E-state index contributed by atoms with van der Waals surface area (Å²) >= 11 is 0. The number of rotatable bonds is 6. The number of hydrogen-bond acceptors (Lipinski definition) is 5. The second-order valence-electron chi connectivity index (χ2n) is 7.22. The van der Waals surface area contributed by atoms with Gasteiger partial charge >= 0.3 is 0 Å². The highest BCUT2D eigenvalue weighted by molar-refractivity contribution is 5.91. The second kappa shape index (κ2) is 7.07. The lowest BCUT2D eigenvalue weighted by Crippen LogP contribution is -2.44. The van der Waals surface area contributed by atoms with Crippen LogP contribution in [0, 0.1) is 5.92 Å². The first-order valence-electron chi connectivity index (χ1n) is 9.20. The van der Waals surface area contributed by atoms with Gasteiger partial charge in [-0.3, -0.25) is 4.79 Å². The Morgan fingerprint density at radius 1 is 1.54 bits per heavy atom. The number of piperidine rings is 1. The van der Waals surface area contributed by atoms with Crippen LogP contribution in [0.15, 0.2) is 25.2 Å². The number of carbonyl (C=O) groups is 1. The molecule has 7 heteroatoms. The Labute approximate surface area is 152 Å². The monoisotopic (exact) mass is 355 g/mol. The van der Waals surface area contributed by atoms with E-state index in [4.69, 9.17) is 4.74 Å². The van der Waals surface area contributed by atoms with Crippen molar-refractivity contribution < 1.29 is 9.53 Å². The zero-order valence-electron chi connectivity index (χ0n) is 15.1. The van der Waals surface area contributed by atoms with Crippen LogP contribution in [0.2, 0.25) is 0 Å². The minimum atomic E-state index is -0.00736. The summed E-state index contributed by atoms with van der Waals surface area (Å²) in [5.74, 6) is 1.92. The number of likely N-dealkylation sites (tertiary alicyclic amines) is 1. The van der Waals surface area contributed by atoms with Gasteiger partial charge in [0.05, 0.1) is 5.39 Å². The molecule has 1 saturated heterocycles. The second-order valence-corrected chi connectivity index (χ2v) is 7.22. The lowest BCUT2D eigenvalue weighted by Gasteiger charge is -2.33. The molecule has 3 atom stereocenters. The number of hydrogen-bond donors (Lipinski definition) is 2. The van der Waals surface area contributed by atoms with Crippen LogP contribution in [-0.2, 0) is 9.53 Å². The maximum atomic E-state index is 11.9. The molecule has 2 fully saturated rings. The number of anilines is 1. The highest BCUT2D eigenvalue weighted by Crippen LogP contribution is 2.50. The molecule has 1 saturated carbocycles. The van der Waals surface area contributed by atoms with Gasteiger partial charge in [-0.15, -0.1) is 0 Å². The lowest BCUT2D eigenvalue weighted by molar-refractivity contribution is -0.127. The molecule has 1 amide bonds. The summed E-state index contributed by atoms with van der Waals surface area (Å²) in [4.78, 5) is 25.9. The third kappa shape index (κ3) is 3.19. The fourth-order valence-corrected chi connectivity index (χ4v) is 4.03. The van der Waals surface area contributed by atoms with Crippen molar-refractivity contribution in [2.75, 3.05) is 32.1 Å². The van der Waals surface area contributed by atoms with E-state index >= 15 is 0 Å². The quantitative estimate of drug-likeness (QED) is 0.777. The van der Waals surface area contributed by atoms with E-state index in [2.05, 4.69) is 33.0 Å². The SMILES string of the molecule is C=CC(=O)N1CCC[C@@H](Nc2ncnc3[nH]cc([C@@H]4C[C@H]4COC)c23)C1. The first-order valence-corrected chi connectivity index (χ1v) is 9.20. The number of ether oxygens (including phenoxy) is 1. The number of aromatic amines is 1. The van der Waals surface area contributed by atoms with Crippen molar-refractivity contribution >= 4 is 22.8 Å². The fraction of sp³-hybridized carbons (Fsp3) is 0.526. The minimum Gasteiger partial charge on any atom is -0.384 e. The Bertz CT molecular complexity index is 817. The van der Waals surface area contributed by atoms with Gasteiger partial charge in [-0.05, 0) is 42.7 Å². The number of fused-ring (bicyclic) bond motifs is 1. The standard InChI is InChI=1S/C19H25N5O2/c1-3-16(25)24-6-4-5-13(9-24)23-19-17-15(14-7-12(14)10-26-2)8-20-18(17)21-11-22-19/h3,8,11-14H,1,4-7,9-10H2,2H3,(H2,20,21,22,23)/t12-,13+,14+/m0/s1. The Balaban J connectivity index is 1.56. The van der Waals surface area contributed by atoms with Gasteiger partial charge in [0.25, 0.3) is 0 Å². The highest BCUT2D eigenvalue weighted by Gasteiger charge is 2.40. The molecular formula is C19H25N5O2. The van der Waals surface area contributed by atoms with E-state index in [0.29, 0.717) is 18.4 Å². The summed E-state index contributed by atoms with van der Waals surface area (Å²) in [5, 5.41) is 4.63. The molecule has 7 nitrogen and oxygen atoms in total.